The van der Waals surface area contributed by atoms with Crippen molar-refractivity contribution in [3.8, 4) is 11.6 Å². The first-order chi connectivity index (χ1) is 15.7. The summed E-state index contributed by atoms with van der Waals surface area (Å²) in [7, 11) is 0. The number of halogens is 5. The maximum absolute atomic E-state index is 13.9. The van der Waals surface area contributed by atoms with Crippen LogP contribution in [0.15, 0.2) is 65.5 Å². The lowest BCUT2D eigenvalue weighted by molar-refractivity contribution is -0.136. The lowest BCUT2D eigenvalue weighted by Crippen LogP contribution is -2.19. The van der Waals surface area contributed by atoms with Gasteiger partial charge in [0.2, 0.25) is 5.88 Å². The van der Waals surface area contributed by atoms with Crippen LogP contribution in [0.5, 0.6) is 5.88 Å². The zero-order valence-corrected chi connectivity index (χ0v) is 17.1. The number of pyridine rings is 2. The molecule has 170 valence electrons. The van der Waals surface area contributed by atoms with E-state index in [1.54, 1.807) is 6.92 Å². The Morgan fingerprint density at radius 3 is 2.15 bits per heavy atom. The van der Waals surface area contributed by atoms with Crippen LogP contribution in [0.1, 0.15) is 12.5 Å². The number of nitrogens with one attached hydrogen (secondary N) is 1. The summed E-state index contributed by atoms with van der Waals surface area (Å²) in [6.45, 7) is 1.63. The minimum atomic E-state index is -4.86. The molecular weight excluding hydrogens is 445 g/mol. The first kappa shape index (κ1) is 22.3. The standard InChI is InChI=1S/C23H16F5N3O2/c1-2-33-20-11-17(23(26,27)28)21-18(32)12-19(29-15-7-3-13(24)4-8-15)31(22(21)30-20)16-9-5-14(25)6-10-16/h3-12,29H,2H2,1H3. The fraction of sp³-hybridized carbons (Fsp3) is 0.130. The van der Waals surface area contributed by atoms with Crippen molar-refractivity contribution in [3.05, 3.63) is 88.1 Å². The number of fused-ring (bicyclic) bond motifs is 1. The minimum absolute atomic E-state index is 0.0417. The van der Waals surface area contributed by atoms with E-state index in [9.17, 15) is 26.7 Å². The van der Waals surface area contributed by atoms with Crippen LogP contribution in [-0.2, 0) is 6.18 Å². The molecular formula is C23H16F5N3O2. The fourth-order valence-corrected chi connectivity index (χ4v) is 3.36. The number of anilines is 2. The van der Waals surface area contributed by atoms with Gasteiger partial charge in [0.25, 0.3) is 0 Å². The third kappa shape index (κ3) is 4.50. The summed E-state index contributed by atoms with van der Waals surface area (Å²) >= 11 is 0. The van der Waals surface area contributed by atoms with Crippen LogP contribution in [0.3, 0.4) is 0 Å². The van der Waals surface area contributed by atoms with Gasteiger partial charge < -0.3 is 10.1 Å². The van der Waals surface area contributed by atoms with Gasteiger partial charge in [-0.05, 0) is 55.5 Å². The molecule has 1 N–H and O–H groups in total. The highest BCUT2D eigenvalue weighted by molar-refractivity contribution is 5.85. The monoisotopic (exact) mass is 461 g/mol. The lowest BCUT2D eigenvalue weighted by atomic mass is 10.1. The van der Waals surface area contributed by atoms with Gasteiger partial charge in [0.15, 0.2) is 11.1 Å². The van der Waals surface area contributed by atoms with Gasteiger partial charge in [-0.3, -0.25) is 9.36 Å². The summed E-state index contributed by atoms with van der Waals surface area (Å²) in [5, 5.41) is 2.23. The normalized spacial score (nSPS) is 11.6. The van der Waals surface area contributed by atoms with Gasteiger partial charge in [-0.15, -0.1) is 0 Å². The van der Waals surface area contributed by atoms with Gasteiger partial charge in [-0.25, -0.2) is 8.78 Å². The van der Waals surface area contributed by atoms with Gasteiger partial charge in [0, 0.05) is 23.5 Å². The Morgan fingerprint density at radius 2 is 1.58 bits per heavy atom. The molecule has 0 saturated heterocycles. The third-order valence-corrected chi connectivity index (χ3v) is 4.74. The van der Waals surface area contributed by atoms with Crippen LogP contribution in [-0.4, -0.2) is 16.2 Å². The third-order valence-electron chi connectivity index (χ3n) is 4.74. The second-order valence-electron chi connectivity index (χ2n) is 6.97. The molecule has 0 radical (unpaired) electrons. The molecule has 0 amide bonds. The molecule has 33 heavy (non-hydrogen) atoms. The largest absolute Gasteiger partial charge is 0.478 e. The summed E-state index contributed by atoms with van der Waals surface area (Å²) in [6, 6.07) is 11.7. The average Bonchev–Trinajstić information content (AvgIpc) is 2.75. The average molecular weight is 461 g/mol. The first-order valence-electron chi connectivity index (χ1n) is 9.76. The smallest absolute Gasteiger partial charge is 0.417 e. The summed E-state index contributed by atoms with van der Waals surface area (Å²) < 4.78 is 74.9. The van der Waals surface area contributed by atoms with E-state index < -0.39 is 34.2 Å². The van der Waals surface area contributed by atoms with Crippen molar-refractivity contribution in [1.29, 1.82) is 0 Å². The van der Waals surface area contributed by atoms with Gasteiger partial charge in [-0.1, -0.05) is 0 Å². The van der Waals surface area contributed by atoms with Crippen LogP contribution in [0.2, 0.25) is 0 Å². The van der Waals surface area contributed by atoms with Crippen molar-refractivity contribution in [1.82, 2.24) is 9.55 Å². The lowest BCUT2D eigenvalue weighted by Gasteiger charge is -2.20. The van der Waals surface area contributed by atoms with E-state index in [2.05, 4.69) is 10.3 Å². The molecule has 5 nitrogen and oxygen atoms in total. The molecule has 2 aromatic carbocycles. The van der Waals surface area contributed by atoms with Crippen molar-refractivity contribution < 1.29 is 26.7 Å². The zero-order chi connectivity index (χ0) is 23.8. The molecule has 0 aliphatic rings. The van der Waals surface area contributed by atoms with Gasteiger partial charge in [-0.2, -0.15) is 18.2 Å². The molecule has 0 atom stereocenters. The quantitative estimate of drug-likeness (QED) is 0.380. The highest BCUT2D eigenvalue weighted by atomic mass is 19.4. The Labute approximate surface area is 184 Å². The number of aromatic nitrogens is 2. The summed E-state index contributed by atoms with van der Waals surface area (Å²) in [6.07, 6.45) is -4.86. The molecule has 0 unspecified atom stereocenters. The van der Waals surface area contributed by atoms with E-state index in [1.807, 2.05) is 0 Å². The van der Waals surface area contributed by atoms with Gasteiger partial charge in [0.1, 0.15) is 17.5 Å². The molecule has 4 rings (SSSR count). The fourth-order valence-electron chi connectivity index (χ4n) is 3.36. The Bertz CT molecular complexity index is 1360. The molecule has 2 heterocycles. The van der Waals surface area contributed by atoms with Gasteiger partial charge in [0.05, 0.1) is 17.6 Å². The molecule has 0 saturated carbocycles. The van der Waals surface area contributed by atoms with E-state index in [0.29, 0.717) is 11.8 Å². The molecule has 2 aromatic heterocycles. The Kier molecular flexibility index (Phi) is 5.75. The number of nitrogens with zero attached hydrogens (tertiary/aromatic N) is 2. The minimum Gasteiger partial charge on any atom is -0.478 e. The number of hydrogen-bond acceptors (Lipinski definition) is 4. The van der Waals surface area contributed by atoms with Crippen LogP contribution in [0.4, 0.5) is 33.5 Å². The van der Waals surface area contributed by atoms with Crippen LogP contribution in [0, 0.1) is 11.6 Å². The second-order valence-corrected chi connectivity index (χ2v) is 6.97. The van der Waals surface area contributed by atoms with E-state index in [0.717, 1.165) is 18.2 Å². The second kappa shape index (κ2) is 8.53. The molecule has 0 spiro atoms. The van der Waals surface area contributed by atoms with E-state index in [4.69, 9.17) is 4.74 Å². The van der Waals surface area contributed by atoms with Crippen LogP contribution in [0.25, 0.3) is 16.7 Å². The molecule has 0 aliphatic heterocycles. The highest BCUT2D eigenvalue weighted by Gasteiger charge is 2.36. The maximum Gasteiger partial charge on any atom is 0.417 e. The highest BCUT2D eigenvalue weighted by Crippen LogP contribution is 2.37. The van der Waals surface area contributed by atoms with Crippen molar-refractivity contribution >= 4 is 22.5 Å². The molecule has 4 aromatic rings. The van der Waals surface area contributed by atoms with E-state index in [1.165, 1.54) is 41.0 Å². The maximum atomic E-state index is 13.9. The number of alkyl halides is 3. The molecule has 0 bridgehead atoms. The van der Waals surface area contributed by atoms with Crippen molar-refractivity contribution in [3.63, 3.8) is 0 Å². The van der Waals surface area contributed by atoms with Crippen molar-refractivity contribution in [2.24, 2.45) is 0 Å². The Hall–Kier alpha value is -3.95. The summed E-state index contributed by atoms with van der Waals surface area (Å²) in [4.78, 5) is 17.0. The van der Waals surface area contributed by atoms with E-state index >= 15 is 0 Å². The number of hydrogen-bond donors (Lipinski definition) is 1. The summed E-state index contributed by atoms with van der Waals surface area (Å²) in [5.41, 5.74) is -1.87. The number of ether oxygens (including phenoxy) is 1. The van der Waals surface area contributed by atoms with E-state index in [-0.39, 0.29) is 29.6 Å². The predicted octanol–water partition coefficient (Wildman–Crippen LogP) is 5.83. The molecule has 10 heteroatoms. The van der Waals surface area contributed by atoms with Crippen LogP contribution < -0.4 is 15.5 Å². The van der Waals surface area contributed by atoms with Gasteiger partial charge >= 0.3 is 6.18 Å². The van der Waals surface area contributed by atoms with Crippen LogP contribution >= 0.6 is 0 Å². The molecule has 0 aliphatic carbocycles. The Morgan fingerprint density at radius 1 is 0.970 bits per heavy atom. The molecule has 0 fully saturated rings. The predicted molar refractivity (Wildman–Crippen MR) is 113 cm³/mol. The van der Waals surface area contributed by atoms with Crippen molar-refractivity contribution in [2.75, 3.05) is 11.9 Å². The number of rotatable bonds is 5. The zero-order valence-electron chi connectivity index (χ0n) is 17.1. The number of benzene rings is 2. The SMILES string of the molecule is CCOc1cc(C(F)(F)F)c2c(=O)cc(Nc3ccc(F)cc3)n(-c3ccc(F)cc3)c2n1. The first-order valence-corrected chi connectivity index (χ1v) is 9.76. The summed E-state index contributed by atoms with van der Waals surface area (Å²) in [5.74, 6) is -1.34. The Balaban J connectivity index is 2.08. The van der Waals surface area contributed by atoms with Crippen molar-refractivity contribution in [2.45, 2.75) is 13.1 Å². The topological polar surface area (TPSA) is 56.1 Å².